The van der Waals surface area contributed by atoms with Crippen molar-refractivity contribution in [1.29, 1.82) is 0 Å². The summed E-state index contributed by atoms with van der Waals surface area (Å²) in [4.78, 5) is 44.4. The van der Waals surface area contributed by atoms with Crippen molar-refractivity contribution in [2.24, 2.45) is 0 Å². The molecule has 230 valence electrons. The van der Waals surface area contributed by atoms with Crippen LogP contribution in [0.1, 0.15) is 55.0 Å². The Balaban J connectivity index is 1.31. The fourth-order valence-electron chi connectivity index (χ4n) is 5.32. The number of ether oxygens (including phenoxy) is 2. The van der Waals surface area contributed by atoms with Gasteiger partial charge in [0.05, 0.1) is 29.7 Å². The molecule has 0 atom stereocenters. The lowest BCUT2D eigenvalue weighted by atomic mass is 9.91. The fraction of sp³-hybridized carbons (Fsp3) is 0.250. The van der Waals surface area contributed by atoms with Gasteiger partial charge in [-0.15, -0.1) is 0 Å². The van der Waals surface area contributed by atoms with E-state index in [1.165, 1.54) is 0 Å². The van der Waals surface area contributed by atoms with Crippen LogP contribution in [0, 0.1) is 4.91 Å². The van der Waals surface area contributed by atoms with Crippen LogP contribution in [-0.2, 0) is 23.3 Å². The van der Waals surface area contributed by atoms with E-state index in [-0.39, 0.29) is 6.61 Å². The normalized spacial score (nSPS) is 11.6. The predicted molar refractivity (Wildman–Crippen MR) is 162 cm³/mol. The Morgan fingerprint density at radius 1 is 1.02 bits per heavy atom. The van der Waals surface area contributed by atoms with Crippen molar-refractivity contribution >= 4 is 17.0 Å². The van der Waals surface area contributed by atoms with Gasteiger partial charge in [0.15, 0.2) is 17.0 Å². The molecule has 0 amide bonds. The minimum Gasteiger partial charge on any atom is -0.465 e. The summed E-state index contributed by atoms with van der Waals surface area (Å²) < 4.78 is 23.4. The van der Waals surface area contributed by atoms with Gasteiger partial charge in [-0.05, 0) is 40.7 Å². The molecule has 0 spiro atoms. The Morgan fingerprint density at radius 3 is 2.47 bits per heavy atom. The summed E-state index contributed by atoms with van der Waals surface area (Å²) in [6, 6.07) is 21.0. The van der Waals surface area contributed by atoms with Gasteiger partial charge in [0.1, 0.15) is 0 Å². The second kappa shape index (κ2) is 11.8. The van der Waals surface area contributed by atoms with Gasteiger partial charge in [-0.3, -0.25) is 14.1 Å². The largest absolute Gasteiger partial charge is 0.465 e. The number of hydrogen-bond acceptors (Lipinski definition) is 9. The molecule has 2 N–H and O–H groups in total. The van der Waals surface area contributed by atoms with Gasteiger partial charge in [-0.1, -0.05) is 90.3 Å². The number of aromatic amines is 2. The first-order chi connectivity index (χ1) is 21.6. The number of rotatable bonds is 9. The lowest BCUT2D eigenvalue weighted by Crippen LogP contribution is -2.28. The molecule has 13 nitrogen and oxygen atoms in total. The summed E-state index contributed by atoms with van der Waals surface area (Å²) >= 11 is 0. The molecule has 3 aromatic carbocycles. The molecule has 3 heterocycles. The molecule has 6 rings (SSSR count). The molecule has 0 aliphatic heterocycles. The summed E-state index contributed by atoms with van der Waals surface area (Å²) in [6.07, 6.45) is 0. The van der Waals surface area contributed by atoms with Gasteiger partial charge in [0.25, 0.3) is 11.7 Å². The van der Waals surface area contributed by atoms with Gasteiger partial charge < -0.3 is 9.47 Å². The number of esters is 1. The highest BCUT2D eigenvalue weighted by Gasteiger charge is 2.33. The number of carbonyl (C=O) groups is 1. The Labute approximate surface area is 255 Å². The van der Waals surface area contributed by atoms with E-state index in [4.69, 9.17) is 18.6 Å². The number of hydrogen-bond donors (Lipinski definition) is 2. The molecule has 3 aromatic heterocycles. The SMILES string of the molecule is CCOc1nc2cccc(C(=O)OCc3[nH]o[n+](=O)c3C(C)(C)C)c2n1Cc1ccc(-c2ccccc2-c2noc(=O)[nH]2)cc1. The van der Waals surface area contributed by atoms with E-state index in [0.717, 1.165) is 22.3 Å². The number of nitrogens with zero attached hydrogens (tertiary/aromatic N) is 4. The maximum atomic E-state index is 13.5. The van der Waals surface area contributed by atoms with Crippen molar-refractivity contribution in [2.75, 3.05) is 6.61 Å². The summed E-state index contributed by atoms with van der Waals surface area (Å²) in [6.45, 7) is 8.01. The summed E-state index contributed by atoms with van der Waals surface area (Å²) in [5, 5.41) is 6.39. The Hall–Kier alpha value is -5.72. The first-order valence-electron chi connectivity index (χ1n) is 14.3. The Bertz CT molecular complexity index is 2110. The first-order valence-corrected chi connectivity index (χ1v) is 14.3. The third kappa shape index (κ3) is 5.79. The van der Waals surface area contributed by atoms with Gasteiger partial charge in [0, 0.05) is 11.0 Å². The van der Waals surface area contributed by atoms with Crippen molar-refractivity contribution in [3.63, 3.8) is 0 Å². The molecule has 0 bridgehead atoms. The highest BCUT2D eigenvalue weighted by Crippen LogP contribution is 2.31. The van der Waals surface area contributed by atoms with Crippen LogP contribution in [0.25, 0.3) is 33.5 Å². The number of carbonyl (C=O) groups excluding carboxylic acids is 1. The molecule has 0 fully saturated rings. The minimum absolute atomic E-state index is 0.182. The molecule has 0 saturated heterocycles. The molecular formula is C32H31N6O7+. The Morgan fingerprint density at radius 2 is 1.78 bits per heavy atom. The van der Waals surface area contributed by atoms with E-state index in [1.807, 2.05) is 80.8 Å². The van der Waals surface area contributed by atoms with Crippen LogP contribution in [0.5, 0.6) is 6.01 Å². The van der Waals surface area contributed by atoms with Gasteiger partial charge in [0.2, 0.25) is 5.69 Å². The Kier molecular flexibility index (Phi) is 7.67. The van der Waals surface area contributed by atoms with Crippen molar-refractivity contribution in [3.8, 4) is 28.5 Å². The zero-order valence-corrected chi connectivity index (χ0v) is 25.1. The topological polar surface area (TPSA) is 164 Å². The molecule has 0 unspecified atom stereocenters. The van der Waals surface area contributed by atoms with Crippen LogP contribution in [-0.4, -0.2) is 37.4 Å². The minimum atomic E-state index is -0.624. The molecule has 45 heavy (non-hydrogen) atoms. The van der Waals surface area contributed by atoms with Gasteiger partial charge in [-0.2, -0.15) is 4.98 Å². The third-order valence-corrected chi connectivity index (χ3v) is 7.23. The fourth-order valence-corrected chi connectivity index (χ4v) is 5.32. The highest BCUT2D eigenvalue weighted by atomic mass is 16.7. The van der Waals surface area contributed by atoms with E-state index < -0.39 is 17.1 Å². The summed E-state index contributed by atoms with van der Waals surface area (Å²) in [5.41, 5.74) is 5.05. The van der Waals surface area contributed by atoms with E-state index in [9.17, 15) is 14.5 Å². The summed E-state index contributed by atoms with van der Waals surface area (Å²) in [7, 11) is 0. The lowest BCUT2D eigenvalue weighted by Gasteiger charge is -2.13. The lowest BCUT2D eigenvalue weighted by molar-refractivity contribution is -0.721. The monoisotopic (exact) mass is 611 g/mol. The van der Waals surface area contributed by atoms with Gasteiger partial charge in [-0.25, -0.2) is 9.59 Å². The van der Waals surface area contributed by atoms with Crippen LogP contribution in [0.15, 0.2) is 80.7 Å². The second-order valence-electron chi connectivity index (χ2n) is 11.4. The van der Waals surface area contributed by atoms with Crippen LogP contribution in [0.2, 0.25) is 0 Å². The smallest absolute Gasteiger partial charge is 0.439 e. The van der Waals surface area contributed by atoms with Crippen molar-refractivity contribution in [2.45, 2.75) is 46.3 Å². The number of nitrogens with one attached hydrogen (secondary N) is 2. The van der Waals surface area contributed by atoms with Gasteiger partial charge >= 0.3 is 11.7 Å². The van der Waals surface area contributed by atoms with E-state index in [0.29, 0.717) is 57.6 Å². The number of imidazole rings is 1. The van der Waals surface area contributed by atoms with E-state index in [1.54, 1.807) is 18.2 Å². The number of para-hydroxylation sites is 1. The summed E-state index contributed by atoms with van der Waals surface area (Å²) in [5.74, 6) is -0.867. The zero-order chi connectivity index (χ0) is 31.7. The number of H-pyrrole nitrogens is 2. The van der Waals surface area contributed by atoms with E-state index >= 15 is 0 Å². The van der Waals surface area contributed by atoms with Crippen LogP contribution < -0.4 is 15.1 Å². The average molecular weight is 612 g/mol. The van der Waals surface area contributed by atoms with Crippen LogP contribution in [0.3, 0.4) is 0 Å². The molecule has 0 aliphatic rings. The highest BCUT2D eigenvalue weighted by molar-refractivity contribution is 6.02. The quantitative estimate of drug-likeness (QED) is 0.215. The zero-order valence-electron chi connectivity index (χ0n) is 25.1. The molecule has 6 aromatic rings. The molecule has 13 heteroatoms. The van der Waals surface area contributed by atoms with Crippen LogP contribution >= 0.6 is 0 Å². The first kappa shape index (κ1) is 29.4. The van der Waals surface area contributed by atoms with E-state index in [2.05, 4.69) is 20.3 Å². The molecule has 0 radical (unpaired) electrons. The number of aromatic nitrogens is 6. The molecule has 0 aliphatic carbocycles. The maximum Gasteiger partial charge on any atom is 0.439 e. The van der Waals surface area contributed by atoms with Crippen molar-refractivity contribution < 1.29 is 28.0 Å². The van der Waals surface area contributed by atoms with Crippen molar-refractivity contribution in [3.05, 3.63) is 105 Å². The van der Waals surface area contributed by atoms with Crippen LogP contribution in [0.4, 0.5) is 0 Å². The molecule has 0 saturated carbocycles. The second-order valence-corrected chi connectivity index (χ2v) is 11.4. The predicted octanol–water partition coefficient (Wildman–Crippen LogP) is 4.98. The maximum absolute atomic E-state index is 13.5. The third-order valence-electron chi connectivity index (χ3n) is 7.23. The average Bonchev–Trinajstić information content (AvgIpc) is 3.73. The molecular weight excluding hydrogens is 580 g/mol. The van der Waals surface area contributed by atoms with Crippen molar-refractivity contribution in [1.82, 2.24) is 24.8 Å². The standard InChI is InChI=1S/C32H30N6O7/c1-5-42-30-33-24-12-8-11-23(29(39)43-18-25-27(32(2,3)4)38(41)45-35-25)26(24)37(30)17-19-13-15-20(16-14-19)21-9-6-7-10-22(21)28-34-31(40)44-36-28/h6-16H,5,17-18H2,1-4H3,(H-,34,35,36,40,41)/p+1. The number of benzene rings is 3. The number of fused-ring (bicyclic) bond motifs is 1.